The third-order valence-electron chi connectivity index (χ3n) is 4.42. The van der Waals surface area contributed by atoms with Crippen LogP contribution >= 0.6 is 0 Å². The van der Waals surface area contributed by atoms with Gasteiger partial charge in [0.25, 0.3) is 5.91 Å². The Morgan fingerprint density at radius 1 is 1.15 bits per heavy atom. The number of hydrogen-bond donors (Lipinski definition) is 1. The fourth-order valence-corrected chi connectivity index (χ4v) is 4.58. The van der Waals surface area contributed by atoms with Crippen molar-refractivity contribution in [1.82, 2.24) is 5.32 Å². The van der Waals surface area contributed by atoms with Crippen LogP contribution in [0.2, 0.25) is 0 Å². The summed E-state index contributed by atoms with van der Waals surface area (Å²) >= 11 is 0. The highest BCUT2D eigenvalue weighted by Crippen LogP contribution is 2.24. The van der Waals surface area contributed by atoms with Crippen molar-refractivity contribution >= 4 is 21.6 Å². The van der Waals surface area contributed by atoms with Crippen LogP contribution < -0.4 is 14.4 Å². The van der Waals surface area contributed by atoms with Gasteiger partial charge in [0, 0.05) is 12.1 Å². The third kappa shape index (κ3) is 5.01. The molecule has 1 amide bonds. The number of ether oxygens (including phenoxy) is 1. The predicted molar refractivity (Wildman–Crippen MR) is 106 cm³/mol. The average Bonchev–Trinajstić information content (AvgIpc) is 2.66. The van der Waals surface area contributed by atoms with E-state index in [1.54, 1.807) is 24.3 Å². The fourth-order valence-electron chi connectivity index (χ4n) is 2.95. The van der Waals surface area contributed by atoms with E-state index in [9.17, 15) is 13.2 Å². The number of sulfonamides is 1. The van der Waals surface area contributed by atoms with Crippen molar-refractivity contribution in [2.45, 2.75) is 19.8 Å². The second-order valence-corrected chi connectivity index (χ2v) is 8.58. The smallest absolute Gasteiger partial charge is 0.251 e. The molecule has 0 aromatic heterocycles. The molecule has 1 heterocycles. The summed E-state index contributed by atoms with van der Waals surface area (Å²) in [6, 6.07) is 14.4. The van der Waals surface area contributed by atoms with Crippen LogP contribution in [0.4, 0.5) is 5.69 Å². The van der Waals surface area contributed by atoms with Crippen molar-refractivity contribution in [2.75, 3.05) is 29.8 Å². The lowest BCUT2D eigenvalue weighted by Gasteiger charge is -2.28. The first-order valence-electron chi connectivity index (χ1n) is 9.04. The van der Waals surface area contributed by atoms with Gasteiger partial charge in [0.1, 0.15) is 12.4 Å². The quantitative estimate of drug-likeness (QED) is 0.772. The Morgan fingerprint density at radius 3 is 2.67 bits per heavy atom. The number of carbonyl (C=O) groups excluding carboxylic acids is 1. The maximum absolute atomic E-state index is 12.4. The second-order valence-electron chi connectivity index (χ2n) is 6.56. The number of aryl methyl sites for hydroxylation is 1. The van der Waals surface area contributed by atoms with Gasteiger partial charge in [0.05, 0.1) is 18.0 Å². The van der Waals surface area contributed by atoms with Crippen LogP contribution in [-0.4, -0.2) is 39.8 Å². The largest absolute Gasteiger partial charge is 0.492 e. The first-order chi connectivity index (χ1) is 13.0. The fraction of sp³-hybridized carbons (Fsp3) is 0.350. The normalized spacial score (nSPS) is 16.0. The average molecular weight is 388 g/mol. The summed E-state index contributed by atoms with van der Waals surface area (Å²) in [7, 11) is -3.29. The van der Waals surface area contributed by atoms with Crippen molar-refractivity contribution in [3.63, 3.8) is 0 Å². The lowest BCUT2D eigenvalue weighted by atomic mass is 10.2. The Balaban J connectivity index is 1.56. The maximum atomic E-state index is 12.4. The van der Waals surface area contributed by atoms with Gasteiger partial charge in [0.2, 0.25) is 10.0 Å². The minimum absolute atomic E-state index is 0.153. The van der Waals surface area contributed by atoms with E-state index in [1.165, 1.54) is 4.31 Å². The van der Waals surface area contributed by atoms with Gasteiger partial charge in [-0.15, -0.1) is 0 Å². The first-order valence-corrected chi connectivity index (χ1v) is 10.6. The van der Waals surface area contributed by atoms with E-state index in [4.69, 9.17) is 4.74 Å². The van der Waals surface area contributed by atoms with Crippen LogP contribution in [0.3, 0.4) is 0 Å². The first kappa shape index (κ1) is 19.2. The van der Waals surface area contributed by atoms with E-state index in [1.807, 2.05) is 31.2 Å². The van der Waals surface area contributed by atoms with Gasteiger partial charge in [-0.25, -0.2) is 8.42 Å². The molecular formula is C20H24N2O4S. The lowest BCUT2D eigenvalue weighted by molar-refractivity contribution is 0.0947. The number of nitrogens with one attached hydrogen (secondary N) is 1. The number of amides is 1. The molecule has 0 bridgehead atoms. The zero-order valence-corrected chi connectivity index (χ0v) is 16.2. The number of rotatable bonds is 6. The Kier molecular flexibility index (Phi) is 6.01. The molecule has 1 aliphatic rings. The SMILES string of the molecule is Cc1ccc(OCCNC(=O)c2cccc(N3CCCCS3(=O)=O)c2)cc1. The van der Waals surface area contributed by atoms with E-state index in [-0.39, 0.29) is 11.7 Å². The molecule has 1 N–H and O–H groups in total. The Hall–Kier alpha value is -2.54. The molecule has 7 heteroatoms. The van der Waals surface area contributed by atoms with Crippen LogP contribution in [0.5, 0.6) is 5.75 Å². The van der Waals surface area contributed by atoms with Crippen molar-refractivity contribution in [2.24, 2.45) is 0 Å². The molecule has 1 fully saturated rings. The Labute approximate surface area is 160 Å². The molecule has 0 unspecified atom stereocenters. The summed E-state index contributed by atoms with van der Waals surface area (Å²) in [5.41, 5.74) is 2.13. The van der Waals surface area contributed by atoms with Crippen LogP contribution in [-0.2, 0) is 10.0 Å². The molecular weight excluding hydrogens is 364 g/mol. The topological polar surface area (TPSA) is 75.7 Å². The van der Waals surface area contributed by atoms with Crippen molar-refractivity contribution in [1.29, 1.82) is 0 Å². The van der Waals surface area contributed by atoms with E-state index in [0.717, 1.165) is 17.7 Å². The van der Waals surface area contributed by atoms with Crippen molar-refractivity contribution < 1.29 is 17.9 Å². The van der Waals surface area contributed by atoms with Crippen LogP contribution in [0.25, 0.3) is 0 Å². The third-order valence-corrected chi connectivity index (χ3v) is 6.29. The summed E-state index contributed by atoms with van der Waals surface area (Å²) in [6.07, 6.45) is 1.51. The molecule has 1 aliphatic heterocycles. The predicted octanol–water partition coefficient (Wildman–Crippen LogP) is 2.73. The van der Waals surface area contributed by atoms with E-state index < -0.39 is 10.0 Å². The minimum Gasteiger partial charge on any atom is -0.492 e. The van der Waals surface area contributed by atoms with Gasteiger partial charge in [-0.05, 0) is 50.1 Å². The molecule has 2 aromatic rings. The highest BCUT2D eigenvalue weighted by Gasteiger charge is 2.26. The summed E-state index contributed by atoms with van der Waals surface area (Å²) in [5, 5.41) is 2.80. The second kappa shape index (κ2) is 8.43. The molecule has 0 spiro atoms. The number of benzene rings is 2. The molecule has 1 saturated heterocycles. The standard InChI is InChI=1S/C20H24N2O4S/c1-16-7-9-19(10-8-16)26-13-11-21-20(23)17-5-4-6-18(15-17)22-12-2-3-14-27(22,24)25/h4-10,15H,2-3,11-14H2,1H3,(H,21,23). The van der Waals surface area contributed by atoms with Gasteiger partial charge >= 0.3 is 0 Å². The molecule has 0 atom stereocenters. The zero-order valence-electron chi connectivity index (χ0n) is 15.3. The van der Waals surface area contributed by atoms with Crippen LogP contribution in [0.15, 0.2) is 48.5 Å². The van der Waals surface area contributed by atoms with Gasteiger partial charge in [-0.1, -0.05) is 23.8 Å². The number of nitrogens with zero attached hydrogens (tertiary/aromatic N) is 1. The van der Waals surface area contributed by atoms with Crippen LogP contribution in [0, 0.1) is 6.92 Å². The Bertz CT molecular complexity index is 894. The molecule has 2 aromatic carbocycles. The Morgan fingerprint density at radius 2 is 1.93 bits per heavy atom. The van der Waals surface area contributed by atoms with E-state index >= 15 is 0 Å². The summed E-state index contributed by atoms with van der Waals surface area (Å²) in [4.78, 5) is 12.4. The highest BCUT2D eigenvalue weighted by atomic mass is 32.2. The number of carbonyl (C=O) groups is 1. The molecule has 144 valence electrons. The maximum Gasteiger partial charge on any atom is 0.251 e. The van der Waals surface area contributed by atoms with E-state index in [0.29, 0.717) is 37.4 Å². The van der Waals surface area contributed by atoms with Gasteiger partial charge in [0.15, 0.2) is 0 Å². The monoisotopic (exact) mass is 388 g/mol. The summed E-state index contributed by atoms with van der Waals surface area (Å²) < 4.78 is 31.5. The molecule has 27 heavy (non-hydrogen) atoms. The van der Waals surface area contributed by atoms with Gasteiger partial charge < -0.3 is 10.1 Å². The summed E-state index contributed by atoms with van der Waals surface area (Å²) in [6.45, 7) is 3.18. The zero-order chi connectivity index (χ0) is 19.3. The van der Waals surface area contributed by atoms with Crippen molar-refractivity contribution in [3.8, 4) is 5.75 Å². The van der Waals surface area contributed by atoms with Crippen LogP contribution in [0.1, 0.15) is 28.8 Å². The molecule has 3 rings (SSSR count). The molecule has 0 aliphatic carbocycles. The molecule has 6 nitrogen and oxygen atoms in total. The van der Waals surface area contributed by atoms with Gasteiger partial charge in [-0.2, -0.15) is 0 Å². The number of hydrogen-bond acceptors (Lipinski definition) is 4. The highest BCUT2D eigenvalue weighted by molar-refractivity contribution is 7.92. The van der Waals surface area contributed by atoms with Crippen molar-refractivity contribution in [3.05, 3.63) is 59.7 Å². The minimum atomic E-state index is -3.29. The number of anilines is 1. The van der Waals surface area contributed by atoms with E-state index in [2.05, 4.69) is 5.32 Å². The van der Waals surface area contributed by atoms with Gasteiger partial charge in [-0.3, -0.25) is 9.10 Å². The molecule has 0 radical (unpaired) electrons. The summed E-state index contributed by atoms with van der Waals surface area (Å²) in [5.74, 6) is 0.658. The molecule has 0 saturated carbocycles. The lowest BCUT2D eigenvalue weighted by Crippen LogP contribution is -2.38.